The van der Waals surface area contributed by atoms with Crippen molar-refractivity contribution in [2.24, 2.45) is 0 Å². The maximum atomic E-state index is 13.1. The van der Waals surface area contributed by atoms with Crippen LogP contribution in [-0.2, 0) is 0 Å². The predicted octanol–water partition coefficient (Wildman–Crippen LogP) is 4.86. The second-order valence-corrected chi connectivity index (χ2v) is 7.98. The minimum atomic E-state index is -0.0443. The van der Waals surface area contributed by atoms with Gasteiger partial charge >= 0.3 is 0 Å². The molecule has 136 valence electrons. The third kappa shape index (κ3) is 4.23. The fraction of sp³-hybridized carbons (Fsp3) is 0.300. The summed E-state index contributed by atoms with van der Waals surface area (Å²) in [6, 6.07) is 13.1. The van der Waals surface area contributed by atoms with Crippen molar-refractivity contribution in [3.63, 3.8) is 0 Å². The number of halogens is 1. The number of nitrogens with zero attached hydrogens (tertiary/aromatic N) is 3. The van der Waals surface area contributed by atoms with Crippen molar-refractivity contribution in [3.8, 4) is 0 Å². The quantitative estimate of drug-likeness (QED) is 0.606. The van der Waals surface area contributed by atoms with Crippen molar-refractivity contribution < 1.29 is 4.79 Å². The number of carbonyl (C=O) groups excluding carboxylic acids is 1. The van der Waals surface area contributed by atoms with Crippen molar-refractivity contribution in [1.29, 1.82) is 0 Å². The molecular weight excluding hydrogens is 366 g/mol. The van der Waals surface area contributed by atoms with Crippen LogP contribution in [0.1, 0.15) is 22.3 Å². The number of rotatable bonds is 6. The number of aromatic nitrogens is 1. The number of hydrogen-bond acceptors (Lipinski definition) is 4. The van der Waals surface area contributed by atoms with E-state index in [0.717, 1.165) is 33.9 Å². The molecule has 0 aliphatic heterocycles. The van der Waals surface area contributed by atoms with Gasteiger partial charge in [0.1, 0.15) is 0 Å². The molecule has 1 amide bonds. The van der Waals surface area contributed by atoms with E-state index in [-0.39, 0.29) is 5.91 Å². The zero-order valence-electron chi connectivity index (χ0n) is 15.2. The van der Waals surface area contributed by atoms with Gasteiger partial charge in [-0.2, -0.15) is 0 Å². The molecule has 0 bridgehead atoms. The second-order valence-electron chi connectivity index (χ2n) is 6.54. The molecule has 1 aromatic heterocycles. The van der Waals surface area contributed by atoms with Crippen LogP contribution in [0.15, 0.2) is 42.5 Å². The van der Waals surface area contributed by atoms with Crippen molar-refractivity contribution >= 4 is 44.2 Å². The first-order valence-corrected chi connectivity index (χ1v) is 9.73. The third-order valence-corrected chi connectivity index (χ3v) is 5.46. The number of amides is 1. The average molecular weight is 388 g/mol. The molecule has 0 spiro atoms. The van der Waals surface area contributed by atoms with Crippen LogP contribution < -0.4 is 4.90 Å². The van der Waals surface area contributed by atoms with E-state index in [9.17, 15) is 4.79 Å². The van der Waals surface area contributed by atoms with E-state index >= 15 is 0 Å². The van der Waals surface area contributed by atoms with Crippen molar-refractivity contribution in [2.45, 2.75) is 13.3 Å². The lowest BCUT2D eigenvalue weighted by Crippen LogP contribution is -2.33. The van der Waals surface area contributed by atoms with Gasteiger partial charge in [-0.1, -0.05) is 35.1 Å². The van der Waals surface area contributed by atoms with Crippen LogP contribution in [0.2, 0.25) is 5.02 Å². The molecular formula is C20H22ClN3OS. The van der Waals surface area contributed by atoms with Crippen LogP contribution in [0.5, 0.6) is 0 Å². The van der Waals surface area contributed by atoms with Gasteiger partial charge in [0.15, 0.2) is 5.13 Å². The standard InChI is InChI=1S/C20H22ClN3OS/c1-14-6-4-7-17-18(14)22-20(26-17)24(13-5-12-23(2)3)19(25)15-8-10-16(21)11-9-15/h4,6-11H,5,12-13H2,1-3H3. The fourth-order valence-electron chi connectivity index (χ4n) is 2.77. The molecule has 2 aromatic carbocycles. The van der Waals surface area contributed by atoms with Gasteiger partial charge in [-0.3, -0.25) is 9.69 Å². The van der Waals surface area contributed by atoms with Crippen LogP contribution >= 0.6 is 22.9 Å². The van der Waals surface area contributed by atoms with Crippen LogP contribution in [0.4, 0.5) is 5.13 Å². The number of thiazole rings is 1. The minimum absolute atomic E-state index is 0.0443. The van der Waals surface area contributed by atoms with Crippen LogP contribution in [0.3, 0.4) is 0 Å². The topological polar surface area (TPSA) is 36.4 Å². The Kier molecular flexibility index (Phi) is 5.91. The molecule has 0 atom stereocenters. The highest BCUT2D eigenvalue weighted by Gasteiger charge is 2.21. The minimum Gasteiger partial charge on any atom is -0.309 e. The maximum absolute atomic E-state index is 13.1. The van der Waals surface area contributed by atoms with Crippen molar-refractivity contribution in [2.75, 3.05) is 32.1 Å². The lowest BCUT2D eigenvalue weighted by Gasteiger charge is -2.21. The molecule has 26 heavy (non-hydrogen) atoms. The van der Waals surface area contributed by atoms with E-state index in [1.807, 2.05) is 39.2 Å². The summed E-state index contributed by atoms with van der Waals surface area (Å²) in [6.07, 6.45) is 0.876. The van der Waals surface area contributed by atoms with Crippen molar-refractivity contribution in [3.05, 3.63) is 58.6 Å². The summed E-state index contributed by atoms with van der Waals surface area (Å²) in [4.78, 5) is 21.8. The Balaban J connectivity index is 1.94. The zero-order valence-corrected chi connectivity index (χ0v) is 16.8. The average Bonchev–Trinajstić information content (AvgIpc) is 3.04. The molecule has 0 saturated carbocycles. The number of aryl methyl sites for hydroxylation is 1. The van der Waals surface area contributed by atoms with Crippen LogP contribution in [-0.4, -0.2) is 43.0 Å². The second kappa shape index (κ2) is 8.16. The third-order valence-electron chi connectivity index (χ3n) is 4.16. The van der Waals surface area contributed by atoms with Crippen molar-refractivity contribution in [1.82, 2.24) is 9.88 Å². The van der Waals surface area contributed by atoms with Gasteiger partial charge in [0.2, 0.25) is 0 Å². The normalized spacial score (nSPS) is 11.3. The largest absolute Gasteiger partial charge is 0.309 e. The Hall–Kier alpha value is -1.95. The molecule has 0 aliphatic carbocycles. The highest BCUT2D eigenvalue weighted by atomic mass is 35.5. The van der Waals surface area contributed by atoms with Gasteiger partial charge in [0, 0.05) is 17.1 Å². The van der Waals surface area contributed by atoms with E-state index in [1.165, 1.54) is 0 Å². The van der Waals surface area contributed by atoms with Gasteiger partial charge in [-0.15, -0.1) is 0 Å². The fourth-order valence-corrected chi connectivity index (χ4v) is 3.96. The van der Waals surface area contributed by atoms with E-state index in [0.29, 0.717) is 17.1 Å². The first-order chi connectivity index (χ1) is 12.5. The first kappa shape index (κ1) is 18.8. The van der Waals surface area contributed by atoms with E-state index in [4.69, 9.17) is 16.6 Å². The Morgan fingerprint density at radius 2 is 1.85 bits per heavy atom. The molecule has 0 radical (unpaired) electrons. The molecule has 4 nitrogen and oxygen atoms in total. The number of fused-ring (bicyclic) bond motifs is 1. The molecule has 1 heterocycles. The molecule has 0 unspecified atom stereocenters. The summed E-state index contributed by atoms with van der Waals surface area (Å²) in [5.74, 6) is -0.0443. The number of carbonyl (C=O) groups is 1. The molecule has 0 N–H and O–H groups in total. The van der Waals surface area contributed by atoms with Gasteiger partial charge in [0.25, 0.3) is 5.91 Å². The highest BCUT2D eigenvalue weighted by molar-refractivity contribution is 7.22. The van der Waals surface area contributed by atoms with E-state index in [2.05, 4.69) is 4.90 Å². The molecule has 0 saturated heterocycles. The summed E-state index contributed by atoms with van der Waals surface area (Å²) in [6.45, 7) is 3.58. The number of hydrogen-bond donors (Lipinski definition) is 0. The number of benzene rings is 2. The van der Waals surface area contributed by atoms with Gasteiger partial charge in [-0.25, -0.2) is 4.98 Å². The lowest BCUT2D eigenvalue weighted by atomic mass is 10.2. The molecule has 0 aliphatic rings. The van der Waals surface area contributed by atoms with Crippen LogP contribution in [0.25, 0.3) is 10.2 Å². The molecule has 6 heteroatoms. The first-order valence-electron chi connectivity index (χ1n) is 8.54. The summed E-state index contributed by atoms with van der Waals surface area (Å²) >= 11 is 7.52. The summed E-state index contributed by atoms with van der Waals surface area (Å²) in [5.41, 5.74) is 2.71. The Labute approximate surface area is 163 Å². The highest BCUT2D eigenvalue weighted by Crippen LogP contribution is 2.31. The van der Waals surface area contributed by atoms with Gasteiger partial charge in [-0.05, 0) is 69.9 Å². The SMILES string of the molecule is Cc1cccc2sc(N(CCCN(C)C)C(=O)c3ccc(Cl)cc3)nc12. The number of para-hydroxylation sites is 1. The van der Waals surface area contributed by atoms with E-state index in [1.54, 1.807) is 40.5 Å². The monoisotopic (exact) mass is 387 g/mol. The Morgan fingerprint density at radius 3 is 2.50 bits per heavy atom. The van der Waals surface area contributed by atoms with Gasteiger partial charge in [0.05, 0.1) is 10.2 Å². The summed E-state index contributed by atoms with van der Waals surface area (Å²) in [5, 5.41) is 1.37. The van der Waals surface area contributed by atoms with Gasteiger partial charge < -0.3 is 4.90 Å². The predicted molar refractivity (Wildman–Crippen MR) is 111 cm³/mol. The van der Waals surface area contributed by atoms with E-state index < -0.39 is 0 Å². The Bertz CT molecular complexity index is 905. The summed E-state index contributed by atoms with van der Waals surface area (Å²) < 4.78 is 1.10. The molecule has 3 aromatic rings. The zero-order chi connectivity index (χ0) is 18.7. The molecule has 3 rings (SSSR count). The molecule has 0 fully saturated rings. The maximum Gasteiger partial charge on any atom is 0.260 e. The number of anilines is 1. The van der Waals surface area contributed by atoms with Crippen LogP contribution in [0, 0.1) is 6.92 Å². The lowest BCUT2D eigenvalue weighted by molar-refractivity contribution is 0.0986. The summed E-state index contributed by atoms with van der Waals surface area (Å²) in [7, 11) is 4.07. The smallest absolute Gasteiger partial charge is 0.260 e. The Morgan fingerprint density at radius 1 is 1.12 bits per heavy atom.